The lowest BCUT2D eigenvalue weighted by atomic mass is 10.0. The zero-order valence-corrected chi connectivity index (χ0v) is 12.8. The van der Waals surface area contributed by atoms with E-state index in [-0.39, 0.29) is 5.91 Å². The van der Waals surface area contributed by atoms with Gasteiger partial charge >= 0.3 is 0 Å². The first kappa shape index (κ1) is 15.3. The number of nitrogens with one attached hydrogen (secondary N) is 2. The average Bonchev–Trinajstić information content (AvgIpc) is 2.46. The Morgan fingerprint density at radius 3 is 2.38 bits per heavy atom. The second-order valence-corrected chi connectivity index (χ2v) is 5.34. The van der Waals surface area contributed by atoms with E-state index in [9.17, 15) is 4.79 Å². The van der Waals surface area contributed by atoms with Crippen LogP contribution in [0.5, 0.6) is 0 Å². The van der Waals surface area contributed by atoms with E-state index in [2.05, 4.69) is 48.7 Å². The fourth-order valence-electron chi connectivity index (χ4n) is 2.36. The summed E-state index contributed by atoms with van der Waals surface area (Å²) in [5.74, 6) is -0.0472. The first-order chi connectivity index (χ1) is 10.1. The molecule has 0 unspecified atom stereocenters. The van der Waals surface area contributed by atoms with E-state index in [1.165, 1.54) is 23.6 Å². The number of amides is 1. The summed E-state index contributed by atoms with van der Waals surface area (Å²) in [6.07, 6.45) is 0. The summed E-state index contributed by atoms with van der Waals surface area (Å²) < 4.78 is 0. The lowest BCUT2D eigenvalue weighted by Gasteiger charge is -2.16. The minimum Gasteiger partial charge on any atom is -0.326 e. The van der Waals surface area contributed by atoms with Crippen LogP contribution in [0.3, 0.4) is 0 Å². The number of carbonyl (C=O) groups excluding carboxylic acids is 1. The molecule has 0 aromatic heterocycles. The molecule has 2 aromatic carbocycles. The SMILES string of the molecule is CC(=O)Nc1ccc(CN[C@H](C)c2ccccc2C)cc1. The van der Waals surface area contributed by atoms with Crippen molar-refractivity contribution in [2.45, 2.75) is 33.4 Å². The van der Waals surface area contributed by atoms with Gasteiger partial charge in [0.2, 0.25) is 5.91 Å². The van der Waals surface area contributed by atoms with Crippen molar-refractivity contribution < 1.29 is 4.79 Å². The molecule has 0 heterocycles. The molecule has 1 amide bonds. The summed E-state index contributed by atoms with van der Waals surface area (Å²) in [7, 11) is 0. The summed E-state index contributed by atoms with van der Waals surface area (Å²) in [4.78, 5) is 11.0. The lowest BCUT2D eigenvalue weighted by molar-refractivity contribution is -0.114. The van der Waals surface area contributed by atoms with Gasteiger partial charge in [-0.25, -0.2) is 0 Å². The van der Waals surface area contributed by atoms with E-state index >= 15 is 0 Å². The molecule has 2 rings (SSSR count). The molecule has 0 radical (unpaired) electrons. The summed E-state index contributed by atoms with van der Waals surface area (Å²) >= 11 is 0. The number of rotatable bonds is 5. The Morgan fingerprint density at radius 2 is 1.76 bits per heavy atom. The first-order valence-corrected chi connectivity index (χ1v) is 7.21. The molecule has 0 aliphatic heterocycles. The molecule has 0 saturated carbocycles. The van der Waals surface area contributed by atoms with Crippen LogP contribution in [0.15, 0.2) is 48.5 Å². The maximum atomic E-state index is 11.0. The molecule has 21 heavy (non-hydrogen) atoms. The molecule has 0 aliphatic carbocycles. The third-order valence-electron chi connectivity index (χ3n) is 3.54. The van der Waals surface area contributed by atoms with E-state index in [1.807, 2.05) is 24.3 Å². The number of hydrogen-bond donors (Lipinski definition) is 2. The highest BCUT2D eigenvalue weighted by Crippen LogP contribution is 2.17. The van der Waals surface area contributed by atoms with Crippen LogP contribution in [-0.2, 0) is 11.3 Å². The fraction of sp³-hybridized carbons (Fsp3) is 0.278. The minimum atomic E-state index is -0.0472. The van der Waals surface area contributed by atoms with Crippen LogP contribution < -0.4 is 10.6 Å². The van der Waals surface area contributed by atoms with Crippen LogP contribution in [0, 0.1) is 6.92 Å². The van der Waals surface area contributed by atoms with Crippen molar-refractivity contribution in [3.05, 3.63) is 65.2 Å². The van der Waals surface area contributed by atoms with Crippen LogP contribution in [-0.4, -0.2) is 5.91 Å². The van der Waals surface area contributed by atoms with Gasteiger partial charge in [-0.2, -0.15) is 0 Å². The zero-order valence-electron chi connectivity index (χ0n) is 12.8. The molecule has 2 N–H and O–H groups in total. The zero-order chi connectivity index (χ0) is 15.2. The first-order valence-electron chi connectivity index (χ1n) is 7.21. The fourth-order valence-corrected chi connectivity index (χ4v) is 2.36. The van der Waals surface area contributed by atoms with E-state index in [0.717, 1.165) is 12.2 Å². The van der Waals surface area contributed by atoms with Crippen LogP contribution in [0.4, 0.5) is 5.69 Å². The third kappa shape index (κ3) is 4.43. The van der Waals surface area contributed by atoms with Gasteiger partial charge in [0, 0.05) is 25.2 Å². The Kier molecular flexibility index (Phi) is 5.12. The standard InChI is InChI=1S/C18H22N2O/c1-13-6-4-5-7-18(13)14(2)19-12-16-8-10-17(11-9-16)20-15(3)21/h4-11,14,19H,12H2,1-3H3,(H,20,21)/t14-/m1/s1. The summed E-state index contributed by atoms with van der Waals surface area (Å²) in [6.45, 7) is 6.62. The second-order valence-electron chi connectivity index (χ2n) is 5.34. The highest BCUT2D eigenvalue weighted by Gasteiger charge is 2.07. The quantitative estimate of drug-likeness (QED) is 0.875. The highest BCUT2D eigenvalue weighted by atomic mass is 16.1. The van der Waals surface area contributed by atoms with E-state index in [4.69, 9.17) is 0 Å². The molecule has 3 nitrogen and oxygen atoms in total. The van der Waals surface area contributed by atoms with Crippen molar-refractivity contribution in [3.8, 4) is 0 Å². The normalized spacial score (nSPS) is 12.0. The highest BCUT2D eigenvalue weighted by molar-refractivity contribution is 5.88. The summed E-state index contributed by atoms with van der Waals surface area (Å²) in [5.41, 5.74) is 4.66. The summed E-state index contributed by atoms with van der Waals surface area (Å²) in [6, 6.07) is 16.7. The van der Waals surface area contributed by atoms with Crippen molar-refractivity contribution >= 4 is 11.6 Å². The predicted molar refractivity (Wildman–Crippen MR) is 87.2 cm³/mol. The number of benzene rings is 2. The number of carbonyl (C=O) groups is 1. The molecule has 3 heteroatoms. The maximum Gasteiger partial charge on any atom is 0.221 e. The Morgan fingerprint density at radius 1 is 1.10 bits per heavy atom. The molecule has 0 fully saturated rings. The van der Waals surface area contributed by atoms with Gasteiger partial charge in [0.1, 0.15) is 0 Å². The topological polar surface area (TPSA) is 41.1 Å². The molecular weight excluding hydrogens is 260 g/mol. The van der Waals surface area contributed by atoms with E-state index < -0.39 is 0 Å². The Bertz CT molecular complexity index is 605. The monoisotopic (exact) mass is 282 g/mol. The van der Waals surface area contributed by atoms with Gasteiger partial charge in [-0.05, 0) is 42.7 Å². The van der Waals surface area contributed by atoms with Gasteiger partial charge < -0.3 is 10.6 Å². The second kappa shape index (κ2) is 7.04. The van der Waals surface area contributed by atoms with Crippen LogP contribution in [0.25, 0.3) is 0 Å². The largest absolute Gasteiger partial charge is 0.326 e. The van der Waals surface area contributed by atoms with Gasteiger partial charge in [-0.15, -0.1) is 0 Å². The van der Waals surface area contributed by atoms with Gasteiger partial charge in [-0.3, -0.25) is 4.79 Å². The van der Waals surface area contributed by atoms with Crippen LogP contribution >= 0.6 is 0 Å². The van der Waals surface area contributed by atoms with Crippen molar-refractivity contribution in [1.82, 2.24) is 5.32 Å². The third-order valence-corrected chi connectivity index (χ3v) is 3.54. The van der Waals surface area contributed by atoms with Crippen LogP contribution in [0.1, 0.15) is 36.6 Å². The Labute approximate surface area is 126 Å². The Balaban J connectivity index is 1.94. The smallest absolute Gasteiger partial charge is 0.221 e. The molecule has 0 bridgehead atoms. The molecule has 0 aliphatic rings. The number of hydrogen-bond acceptors (Lipinski definition) is 2. The maximum absolute atomic E-state index is 11.0. The van der Waals surface area contributed by atoms with Gasteiger partial charge in [-0.1, -0.05) is 36.4 Å². The average molecular weight is 282 g/mol. The number of anilines is 1. The summed E-state index contributed by atoms with van der Waals surface area (Å²) in [5, 5.41) is 6.30. The molecule has 0 saturated heterocycles. The van der Waals surface area contributed by atoms with Crippen molar-refractivity contribution in [3.63, 3.8) is 0 Å². The van der Waals surface area contributed by atoms with E-state index in [0.29, 0.717) is 6.04 Å². The molecule has 1 atom stereocenters. The predicted octanol–water partition coefficient (Wildman–Crippen LogP) is 3.80. The lowest BCUT2D eigenvalue weighted by Crippen LogP contribution is -2.18. The minimum absolute atomic E-state index is 0.0472. The van der Waals surface area contributed by atoms with Gasteiger partial charge in [0.15, 0.2) is 0 Å². The van der Waals surface area contributed by atoms with E-state index in [1.54, 1.807) is 0 Å². The molecular formula is C18H22N2O. The molecule has 2 aromatic rings. The van der Waals surface area contributed by atoms with Crippen LogP contribution in [0.2, 0.25) is 0 Å². The van der Waals surface area contributed by atoms with Gasteiger partial charge in [0.05, 0.1) is 0 Å². The number of aryl methyl sites for hydroxylation is 1. The van der Waals surface area contributed by atoms with Crippen molar-refractivity contribution in [1.29, 1.82) is 0 Å². The molecule has 110 valence electrons. The van der Waals surface area contributed by atoms with Crippen molar-refractivity contribution in [2.75, 3.05) is 5.32 Å². The molecule has 0 spiro atoms. The van der Waals surface area contributed by atoms with Gasteiger partial charge in [0.25, 0.3) is 0 Å². The Hall–Kier alpha value is -2.13. The van der Waals surface area contributed by atoms with Crippen molar-refractivity contribution in [2.24, 2.45) is 0 Å².